The van der Waals surface area contributed by atoms with Crippen LogP contribution in [-0.4, -0.2) is 26.6 Å². The molecule has 0 unspecified atom stereocenters. The van der Waals surface area contributed by atoms with E-state index in [1.807, 2.05) is 30.3 Å². The molecule has 2 aromatic rings. The lowest BCUT2D eigenvalue weighted by molar-refractivity contribution is 0.0951. The Balaban J connectivity index is 1.97. The van der Waals surface area contributed by atoms with E-state index in [2.05, 4.69) is 5.32 Å². The Morgan fingerprint density at radius 3 is 2.33 bits per heavy atom. The highest BCUT2D eigenvalue weighted by Gasteiger charge is 2.27. The van der Waals surface area contributed by atoms with Crippen LogP contribution in [-0.2, 0) is 16.6 Å². The van der Waals surface area contributed by atoms with E-state index in [1.54, 1.807) is 24.3 Å². The summed E-state index contributed by atoms with van der Waals surface area (Å²) in [7, 11) is -3.53. The van der Waals surface area contributed by atoms with Crippen LogP contribution >= 0.6 is 0 Å². The third-order valence-corrected chi connectivity index (χ3v) is 5.03. The van der Waals surface area contributed by atoms with Crippen molar-refractivity contribution in [1.82, 2.24) is 5.32 Å². The van der Waals surface area contributed by atoms with Crippen molar-refractivity contribution in [3.8, 4) is 0 Å². The number of rotatable bonds is 6. The molecule has 126 valence electrons. The quantitative estimate of drug-likeness (QED) is 0.876. The van der Waals surface area contributed by atoms with Gasteiger partial charge in [-0.1, -0.05) is 42.5 Å². The summed E-state index contributed by atoms with van der Waals surface area (Å²) in [6.45, 7) is 0.188. The minimum atomic E-state index is -3.53. The molecule has 0 aromatic heterocycles. The van der Waals surface area contributed by atoms with E-state index < -0.39 is 10.0 Å². The van der Waals surface area contributed by atoms with Crippen LogP contribution < -0.4 is 9.62 Å². The minimum absolute atomic E-state index is 0.188. The Morgan fingerprint density at radius 1 is 1.08 bits per heavy atom. The van der Waals surface area contributed by atoms with E-state index >= 15 is 0 Å². The van der Waals surface area contributed by atoms with Gasteiger partial charge in [-0.15, -0.1) is 0 Å². The molecule has 6 heteroatoms. The van der Waals surface area contributed by atoms with E-state index in [0.29, 0.717) is 11.3 Å². The highest BCUT2D eigenvalue weighted by Crippen LogP contribution is 2.26. The Bertz CT molecular complexity index is 830. The maximum absolute atomic E-state index is 12.5. The second-order valence-corrected chi connectivity index (χ2v) is 7.93. The molecule has 0 heterocycles. The third-order valence-electron chi connectivity index (χ3n) is 3.90. The van der Waals surface area contributed by atoms with Crippen molar-refractivity contribution in [2.45, 2.75) is 25.4 Å². The van der Waals surface area contributed by atoms with Crippen LogP contribution in [0.5, 0.6) is 0 Å². The second-order valence-electron chi connectivity index (χ2n) is 6.02. The predicted octanol–water partition coefficient (Wildman–Crippen LogP) is 2.55. The van der Waals surface area contributed by atoms with Crippen molar-refractivity contribution < 1.29 is 13.2 Å². The number of nitrogens with one attached hydrogen (secondary N) is 1. The monoisotopic (exact) mass is 344 g/mol. The summed E-state index contributed by atoms with van der Waals surface area (Å²) in [5.74, 6) is -0.227. The second kappa shape index (κ2) is 6.65. The standard InChI is InChI=1S/C18H20N2O3S/c1-24(22,23)20(13-14-7-3-2-4-8-14)17-10-6-5-9-16(17)18(21)19-15-11-12-15/h2-10,15H,11-13H2,1H3,(H,19,21). The SMILES string of the molecule is CS(=O)(=O)N(Cc1ccccc1)c1ccccc1C(=O)NC1CC1. The molecule has 1 aliphatic rings. The van der Waals surface area contributed by atoms with Crippen LogP contribution in [0, 0.1) is 0 Å². The average molecular weight is 344 g/mol. The van der Waals surface area contributed by atoms with Gasteiger partial charge in [-0.3, -0.25) is 9.10 Å². The minimum Gasteiger partial charge on any atom is -0.349 e. The summed E-state index contributed by atoms with van der Waals surface area (Å²) < 4.78 is 26.0. The first kappa shape index (κ1) is 16.5. The number of sulfonamides is 1. The van der Waals surface area contributed by atoms with Crippen molar-refractivity contribution in [2.24, 2.45) is 0 Å². The highest BCUT2D eigenvalue weighted by molar-refractivity contribution is 7.92. The van der Waals surface area contributed by atoms with E-state index in [4.69, 9.17) is 0 Å². The van der Waals surface area contributed by atoms with Gasteiger partial charge in [0.05, 0.1) is 24.1 Å². The summed E-state index contributed by atoms with van der Waals surface area (Å²) in [5.41, 5.74) is 1.65. The Labute approximate surface area is 142 Å². The number of nitrogens with zero attached hydrogens (tertiary/aromatic N) is 1. The van der Waals surface area contributed by atoms with E-state index in [9.17, 15) is 13.2 Å². The van der Waals surface area contributed by atoms with Crippen molar-refractivity contribution >= 4 is 21.6 Å². The largest absolute Gasteiger partial charge is 0.349 e. The summed E-state index contributed by atoms with van der Waals surface area (Å²) in [4.78, 5) is 12.5. The van der Waals surface area contributed by atoms with Gasteiger partial charge in [0.2, 0.25) is 10.0 Å². The number of anilines is 1. The number of amides is 1. The van der Waals surface area contributed by atoms with Gasteiger partial charge in [0.25, 0.3) is 5.91 Å². The van der Waals surface area contributed by atoms with Crippen LogP contribution in [0.4, 0.5) is 5.69 Å². The van der Waals surface area contributed by atoms with Crippen molar-refractivity contribution in [1.29, 1.82) is 0 Å². The van der Waals surface area contributed by atoms with Crippen LogP contribution in [0.15, 0.2) is 54.6 Å². The zero-order valence-corrected chi connectivity index (χ0v) is 14.3. The Hall–Kier alpha value is -2.34. The molecule has 24 heavy (non-hydrogen) atoms. The Morgan fingerprint density at radius 2 is 1.71 bits per heavy atom. The summed E-state index contributed by atoms with van der Waals surface area (Å²) >= 11 is 0. The number of benzene rings is 2. The molecule has 0 bridgehead atoms. The summed E-state index contributed by atoms with van der Waals surface area (Å²) in [6, 6.07) is 16.4. The lowest BCUT2D eigenvalue weighted by atomic mass is 10.1. The first-order valence-corrected chi connectivity index (χ1v) is 9.71. The van der Waals surface area contributed by atoms with E-state index in [0.717, 1.165) is 24.7 Å². The van der Waals surface area contributed by atoms with Crippen LogP contribution in [0.1, 0.15) is 28.8 Å². The molecule has 0 atom stereocenters. The topological polar surface area (TPSA) is 66.5 Å². The number of carbonyl (C=O) groups is 1. The number of hydrogen-bond acceptors (Lipinski definition) is 3. The molecular weight excluding hydrogens is 324 g/mol. The van der Waals surface area contributed by atoms with Gasteiger partial charge in [0.15, 0.2) is 0 Å². The predicted molar refractivity (Wildman–Crippen MR) is 94.4 cm³/mol. The van der Waals surface area contributed by atoms with E-state index in [-0.39, 0.29) is 18.5 Å². The van der Waals surface area contributed by atoms with Crippen molar-refractivity contribution in [2.75, 3.05) is 10.6 Å². The van der Waals surface area contributed by atoms with Crippen molar-refractivity contribution in [3.63, 3.8) is 0 Å². The first-order valence-electron chi connectivity index (χ1n) is 7.86. The molecule has 0 spiro atoms. The van der Waals surface area contributed by atoms with E-state index in [1.165, 1.54) is 4.31 Å². The summed E-state index contributed by atoms with van der Waals surface area (Å²) in [5, 5.41) is 2.92. The molecule has 2 aromatic carbocycles. The van der Waals surface area contributed by atoms with Gasteiger partial charge in [-0.2, -0.15) is 0 Å². The molecule has 0 aliphatic heterocycles. The van der Waals surface area contributed by atoms with Crippen LogP contribution in [0.3, 0.4) is 0 Å². The van der Waals surface area contributed by atoms with Gasteiger partial charge in [0.1, 0.15) is 0 Å². The molecular formula is C18H20N2O3S. The van der Waals surface area contributed by atoms with Gasteiger partial charge >= 0.3 is 0 Å². The maximum atomic E-state index is 12.5. The lowest BCUT2D eigenvalue weighted by Crippen LogP contribution is -2.33. The molecule has 1 amide bonds. The molecule has 3 rings (SSSR count). The number of para-hydroxylation sites is 1. The van der Waals surface area contributed by atoms with Crippen LogP contribution in [0.2, 0.25) is 0 Å². The fourth-order valence-electron chi connectivity index (χ4n) is 2.50. The third kappa shape index (κ3) is 3.94. The normalized spacial score (nSPS) is 14.2. The zero-order valence-electron chi connectivity index (χ0n) is 13.5. The van der Waals surface area contributed by atoms with Gasteiger partial charge in [0, 0.05) is 6.04 Å². The molecule has 1 aliphatic carbocycles. The first-order chi connectivity index (χ1) is 11.4. The molecule has 0 saturated heterocycles. The lowest BCUT2D eigenvalue weighted by Gasteiger charge is -2.24. The maximum Gasteiger partial charge on any atom is 0.253 e. The zero-order chi connectivity index (χ0) is 17.2. The smallest absolute Gasteiger partial charge is 0.253 e. The highest BCUT2D eigenvalue weighted by atomic mass is 32.2. The fraction of sp³-hybridized carbons (Fsp3) is 0.278. The fourth-order valence-corrected chi connectivity index (χ4v) is 3.40. The molecule has 0 radical (unpaired) electrons. The molecule has 1 fully saturated rings. The Kier molecular flexibility index (Phi) is 4.57. The summed E-state index contributed by atoms with van der Waals surface area (Å²) in [6.07, 6.45) is 3.12. The van der Waals surface area contributed by atoms with Crippen LogP contribution in [0.25, 0.3) is 0 Å². The molecule has 5 nitrogen and oxygen atoms in total. The van der Waals surface area contributed by atoms with Crippen molar-refractivity contribution in [3.05, 3.63) is 65.7 Å². The number of carbonyl (C=O) groups excluding carboxylic acids is 1. The van der Waals surface area contributed by atoms with Gasteiger partial charge < -0.3 is 5.32 Å². The average Bonchev–Trinajstić information content (AvgIpc) is 3.36. The molecule has 1 saturated carbocycles. The van der Waals surface area contributed by atoms with Gasteiger partial charge in [-0.25, -0.2) is 8.42 Å². The molecule has 1 N–H and O–H groups in total. The number of hydrogen-bond donors (Lipinski definition) is 1. The van der Waals surface area contributed by atoms with Gasteiger partial charge in [-0.05, 0) is 30.5 Å².